The van der Waals surface area contributed by atoms with Crippen LogP contribution in [0.4, 0.5) is 0 Å². The summed E-state index contributed by atoms with van der Waals surface area (Å²) in [6.45, 7) is 4.56. The predicted molar refractivity (Wildman–Crippen MR) is 109 cm³/mol. The fraction of sp³-hybridized carbons (Fsp3) is 0.476. The molecule has 0 spiro atoms. The van der Waals surface area contributed by atoms with Gasteiger partial charge in [-0.15, -0.1) is 10.2 Å². The van der Waals surface area contributed by atoms with E-state index in [2.05, 4.69) is 56.0 Å². The van der Waals surface area contributed by atoms with Crippen molar-refractivity contribution >= 4 is 0 Å². The van der Waals surface area contributed by atoms with Crippen molar-refractivity contribution in [2.45, 2.75) is 38.3 Å². The minimum Gasteiger partial charge on any atom is -0.330 e. The first-order valence-corrected chi connectivity index (χ1v) is 10.1. The lowest BCUT2D eigenvalue weighted by Gasteiger charge is -2.32. The van der Waals surface area contributed by atoms with Crippen LogP contribution in [0.2, 0.25) is 0 Å². The van der Waals surface area contributed by atoms with Gasteiger partial charge in [0.15, 0.2) is 5.82 Å². The molecule has 0 bridgehead atoms. The van der Waals surface area contributed by atoms with Gasteiger partial charge in [0.05, 0.1) is 12.9 Å². The van der Waals surface area contributed by atoms with Crippen LogP contribution in [0, 0.1) is 0 Å². The summed E-state index contributed by atoms with van der Waals surface area (Å²) in [6.07, 6.45) is 8.87. The van der Waals surface area contributed by atoms with Crippen LogP contribution in [0.3, 0.4) is 0 Å². The molecule has 1 aromatic carbocycles. The predicted octanol–water partition coefficient (Wildman–Crippen LogP) is 1.94. The Labute approximate surface area is 166 Å². The quantitative estimate of drug-likeness (QED) is 0.679. The minimum atomic E-state index is 0.430. The molecule has 4 rings (SSSR count). The number of piperidine rings is 1. The van der Waals surface area contributed by atoms with E-state index in [1.54, 1.807) is 6.20 Å². The summed E-state index contributed by atoms with van der Waals surface area (Å²) in [6, 6.07) is 8.88. The molecule has 28 heavy (non-hydrogen) atoms. The Morgan fingerprint density at radius 3 is 2.68 bits per heavy atom. The minimum absolute atomic E-state index is 0.430. The molecule has 3 heterocycles. The summed E-state index contributed by atoms with van der Waals surface area (Å²) in [7, 11) is 2.08. The number of hydrogen-bond acceptors (Lipinski definition) is 5. The van der Waals surface area contributed by atoms with E-state index in [1.165, 1.54) is 24.0 Å². The average Bonchev–Trinajstić information content (AvgIpc) is 3.35. The van der Waals surface area contributed by atoms with E-state index >= 15 is 0 Å². The van der Waals surface area contributed by atoms with Crippen molar-refractivity contribution in [2.75, 3.05) is 19.6 Å². The monoisotopic (exact) mass is 379 g/mol. The van der Waals surface area contributed by atoms with Gasteiger partial charge in [-0.25, -0.2) is 4.98 Å². The van der Waals surface area contributed by atoms with Crippen molar-refractivity contribution < 1.29 is 0 Å². The highest BCUT2D eigenvalue weighted by Crippen LogP contribution is 2.27. The van der Waals surface area contributed by atoms with E-state index in [9.17, 15) is 0 Å². The molecule has 7 nitrogen and oxygen atoms in total. The van der Waals surface area contributed by atoms with E-state index in [4.69, 9.17) is 5.73 Å². The number of nitrogens with two attached hydrogens (primary N) is 1. The number of nitrogens with zero attached hydrogens (tertiary/aromatic N) is 6. The van der Waals surface area contributed by atoms with Crippen molar-refractivity contribution in [3.8, 4) is 0 Å². The Balaban J connectivity index is 1.40. The highest BCUT2D eigenvalue weighted by Gasteiger charge is 2.26. The molecular formula is C21H29N7. The first-order chi connectivity index (χ1) is 13.7. The van der Waals surface area contributed by atoms with Crippen molar-refractivity contribution in [3.63, 3.8) is 0 Å². The second-order valence-electron chi connectivity index (χ2n) is 7.70. The molecule has 7 heteroatoms. The van der Waals surface area contributed by atoms with Crippen LogP contribution in [0.15, 0.2) is 43.0 Å². The fourth-order valence-electron chi connectivity index (χ4n) is 4.06. The van der Waals surface area contributed by atoms with Gasteiger partial charge in [0, 0.05) is 38.4 Å². The molecule has 148 valence electrons. The lowest BCUT2D eigenvalue weighted by molar-refractivity contribution is 0.195. The molecule has 3 aromatic rings. The van der Waals surface area contributed by atoms with Gasteiger partial charge in [-0.05, 0) is 43.5 Å². The Kier molecular flexibility index (Phi) is 5.83. The zero-order chi connectivity index (χ0) is 19.3. The first-order valence-electron chi connectivity index (χ1n) is 10.1. The summed E-state index contributed by atoms with van der Waals surface area (Å²) in [5.41, 5.74) is 8.32. The van der Waals surface area contributed by atoms with Crippen LogP contribution >= 0.6 is 0 Å². The van der Waals surface area contributed by atoms with Gasteiger partial charge < -0.3 is 14.9 Å². The second-order valence-corrected chi connectivity index (χ2v) is 7.70. The number of benzene rings is 1. The molecular weight excluding hydrogens is 350 g/mol. The standard InChI is InChI=1S/C21H29N7/c1-26-20(15-28-12-10-23-16-28)24-25-21(26)19-3-2-11-27(14-19)13-18-6-4-17(5-7-18)8-9-22/h4-7,10,12,16,19H,2-3,8-9,11,13-15,22H2,1H3. The number of aromatic nitrogens is 5. The van der Waals surface area contributed by atoms with Crippen LogP contribution in [0.5, 0.6) is 0 Å². The molecule has 0 radical (unpaired) electrons. The SMILES string of the molecule is Cn1c(Cn2ccnc2)nnc1C1CCCN(Cc2ccc(CCN)cc2)C1. The van der Waals surface area contributed by atoms with E-state index in [0.29, 0.717) is 19.0 Å². The third-order valence-corrected chi connectivity index (χ3v) is 5.61. The molecule has 0 saturated carbocycles. The Morgan fingerprint density at radius 2 is 1.93 bits per heavy atom. The number of likely N-dealkylation sites (tertiary alicyclic amines) is 1. The molecule has 1 atom stereocenters. The van der Waals surface area contributed by atoms with E-state index in [0.717, 1.165) is 37.7 Å². The van der Waals surface area contributed by atoms with Gasteiger partial charge in [-0.1, -0.05) is 24.3 Å². The van der Waals surface area contributed by atoms with Gasteiger partial charge in [0.2, 0.25) is 0 Å². The van der Waals surface area contributed by atoms with Crippen LogP contribution in [0.25, 0.3) is 0 Å². The van der Waals surface area contributed by atoms with E-state index in [1.807, 2.05) is 17.1 Å². The molecule has 1 aliphatic rings. The van der Waals surface area contributed by atoms with Crippen molar-refractivity contribution in [1.82, 2.24) is 29.2 Å². The smallest absolute Gasteiger partial charge is 0.152 e. The van der Waals surface area contributed by atoms with Crippen molar-refractivity contribution in [2.24, 2.45) is 12.8 Å². The maximum atomic E-state index is 5.64. The third kappa shape index (κ3) is 4.31. The fourth-order valence-corrected chi connectivity index (χ4v) is 4.06. The van der Waals surface area contributed by atoms with Crippen LogP contribution in [-0.2, 0) is 26.6 Å². The lowest BCUT2D eigenvalue weighted by atomic mass is 9.96. The second kappa shape index (κ2) is 8.67. The average molecular weight is 380 g/mol. The summed E-state index contributed by atoms with van der Waals surface area (Å²) in [5.74, 6) is 2.50. The Hall–Kier alpha value is -2.51. The summed E-state index contributed by atoms with van der Waals surface area (Å²) < 4.78 is 4.19. The van der Waals surface area contributed by atoms with Gasteiger partial charge in [0.25, 0.3) is 0 Å². The summed E-state index contributed by atoms with van der Waals surface area (Å²) >= 11 is 0. The number of imidazole rings is 1. The van der Waals surface area contributed by atoms with E-state index in [-0.39, 0.29) is 0 Å². The van der Waals surface area contributed by atoms with Crippen molar-refractivity contribution in [3.05, 3.63) is 65.8 Å². The normalized spacial score (nSPS) is 17.9. The number of rotatable bonds is 7. The summed E-state index contributed by atoms with van der Waals surface area (Å²) in [5, 5.41) is 8.97. The van der Waals surface area contributed by atoms with Gasteiger partial charge in [0.1, 0.15) is 5.82 Å². The van der Waals surface area contributed by atoms with Gasteiger partial charge in [-0.3, -0.25) is 4.90 Å². The molecule has 0 amide bonds. The highest BCUT2D eigenvalue weighted by atomic mass is 15.3. The van der Waals surface area contributed by atoms with E-state index < -0.39 is 0 Å². The Morgan fingerprint density at radius 1 is 1.11 bits per heavy atom. The van der Waals surface area contributed by atoms with Gasteiger partial charge >= 0.3 is 0 Å². The largest absolute Gasteiger partial charge is 0.330 e. The van der Waals surface area contributed by atoms with Crippen LogP contribution < -0.4 is 5.73 Å². The van der Waals surface area contributed by atoms with Crippen LogP contribution in [0.1, 0.15) is 41.5 Å². The third-order valence-electron chi connectivity index (χ3n) is 5.61. The molecule has 2 aromatic heterocycles. The zero-order valence-electron chi connectivity index (χ0n) is 16.5. The first kappa shape index (κ1) is 18.8. The lowest BCUT2D eigenvalue weighted by Crippen LogP contribution is -2.34. The molecule has 1 saturated heterocycles. The summed E-state index contributed by atoms with van der Waals surface area (Å²) in [4.78, 5) is 6.64. The highest BCUT2D eigenvalue weighted by molar-refractivity contribution is 5.23. The molecule has 0 aliphatic carbocycles. The molecule has 2 N–H and O–H groups in total. The van der Waals surface area contributed by atoms with Gasteiger partial charge in [-0.2, -0.15) is 0 Å². The maximum absolute atomic E-state index is 5.64. The zero-order valence-corrected chi connectivity index (χ0v) is 16.5. The molecule has 1 aliphatic heterocycles. The number of hydrogen-bond donors (Lipinski definition) is 1. The topological polar surface area (TPSA) is 77.8 Å². The van der Waals surface area contributed by atoms with Crippen molar-refractivity contribution in [1.29, 1.82) is 0 Å². The molecule has 1 unspecified atom stereocenters. The Bertz CT molecular complexity index is 867. The molecule has 1 fully saturated rings. The maximum Gasteiger partial charge on any atom is 0.152 e. The van der Waals surface area contributed by atoms with Crippen LogP contribution in [-0.4, -0.2) is 48.8 Å².